The number of thiazole rings is 1. The van der Waals surface area contributed by atoms with Crippen molar-refractivity contribution in [1.82, 2.24) is 19.9 Å². The van der Waals surface area contributed by atoms with Crippen LogP contribution in [-0.2, 0) is 6.18 Å². The molecule has 0 spiro atoms. The van der Waals surface area contributed by atoms with Gasteiger partial charge in [0.1, 0.15) is 16.3 Å². The molecule has 0 aromatic carbocycles. The molecule has 31 heavy (non-hydrogen) atoms. The maximum Gasteiger partial charge on any atom is 0.425 e. The molecule has 6 nitrogen and oxygen atoms in total. The lowest BCUT2D eigenvalue weighted by Crippen LogP contribution is -2.45. The molecule has 2 bridgehead atoms. The van der Waals surface area contributed by atoms with Crippen LogP contribution in [0.3, 0.4) is 0 Å². The van der Waals surface area contributed by atoms with Gasteiger partial charge in [-0.15, -0.1) is 11.3 Å². The van der Waals surface area contributed by atoms with Crippen molar-refractivity contribution >= 4 is 17.2 Å². The maximum absolute atomic E-state index is 13.4. The number of likely N-dealkylation sites (tertiary alicyclic amines) is 1. The molecule has 5 rings (SSSR count). The molecular weight excluding hydrogens is 427 g/mol. The van der Waals surface area contributed by atoms with Crippen molar-refractivity contribution in [2.45, 2.75) is 31.1 Å². The van der Waals surface area contributed by atoms with Gasteiger partial charge in [-0.2, -0.15) is 13.2 Å². The predicted molar refractivity (Wildman–Crippen MR) is 106 cm³/mol. The standard InChI is InChI=1S/C21H16F3N5OS/c22-21(23,24)13-3-4-17(27-10-13)28-15-8-12-9-16(15)29(11-12)20(30)18-14(2-1-5-25-18)19-26-6-7-31-19/h1-2,5-7,10,12,15-16H,8-9,11H2,(H,27,28). The van der Waals surface area contributed by atoms with Crippen LogP contribution in [0.5, 0.6) is 0 Å². The molecule has 3 aromatic rings. The normalized spacial score (nSPS) is 23.3. The lowest BCUT2D eigenvalue weighted by molar-refractivity contribution is -0.137. The number of amides is 1. The topological polar surface area (TPSA) is 74.2 Å². The number of carbonyl (C=O) groups excluding carboxylic acids is 1. The number of aromatic amines is 1. The van der Waals surface area contributed by atoms with Gasteiger partial charge in [-0.1, -0.05) is 6.07 Å². The predicted octanol–water partition coefficient (Wildman–Crippen LogP) is 3.36. The summed E-state index contributed by atoms with van der Waals surface area (Å²) < 4.78 is 38.2. The van der Waals surface area contributed by atoms with Crippen LogP contribution < -0.4 is 5.49 Å². The van der Waals surface area contributed by atoms with E-state index in [1.54, 1.807) is 23.4 Å². The fourth-order valence-electron chi connectivity index (χ4n) is 4.33. The number of alkyl halides is 3. The first-order valence-corrected chi connectivity index (χ1v) is 10.6. The molecule has 2 aliphatic rings. The number of pyridine rings is 1. The fourth-order valence-corrected chi connectivity index (χ4v) is 5.00. The number of piperidine rings is 1. The number of carbonyl (C=O) groups is 1. The van der Waals surface area contributed by atoms with Gasteiger partial charge in [0.15, 0.2) is 5.49 Å². The largest absolute Gasteiger partial charge is 0.425 e. The van der Waals surface area contributed by atoms with Crippen LogP contribution in [0.1, 0.15) is 28.9 Å². The molecule has 0 radical (unpaired) electrons. The molecule has 1 aliphatic carbocycles. The van der Waals surface area contributed by atoms with E-state index in [1.165, 1.54) is 11.3 Å². The molecule has 10 heteroatoms. The molecule has 158 valence electrons. The van der Waals surface area contributed by atoms with Crippen LogP contribution >= 0.6 is 11.3 Å². The van der Waals surface area contributed by atoms with Gasteiger partial charge in [0, 0.05) is 36.1 Å². The second kappa shape index (κ2) is 7.50. The van der Waals surface area contributed by atoms with Crippen molar-refractivity contribution in [2.24, 2.45) is 10.9 Å². The van der Waals surface area contributed by atoms with Crippen molar-refractivity contribution in [2.75, 3.05) is 6.54 Å². The number of aromatic nitrogens is 3. The van der Waals surface area contributed by atoms with Crippen molar-refractivity contribution in [3.8, 4) is 10.6 Å². The van der Waals surface area contributed by atoms with Crippen molar-refractivity contribution < 1.29 is 18.0 Å². The summed E-state index contributed by atoms with van der Waals surface area (Å²) in [4.78, 5) is 30.8. The molecule has 1 N–H and O–H groups in total. The quantitative estimate of drug-likeness (QED) is 0.675. The summed E-state index contributed by atoms with van der Waals surface area (Å²) in [6.45, 7) is 0.621. The Hall–Kier alpha value is -3.19. The Balaban J connectivity index is 1.41. The van der Waals surface area contributed by atoms with Gasteiger partial charge in [-0.3, -0.25) is 14.8 Å². The van der Waals surface area contributed by atoms with Crippen molar-refractivity contribution in [3.63, 3.8) is 0 Å². The Morgan fingerprint density at radius 2 is 2.13 bits per heavy atom. The first-order valence-electron chi connectivity index (χ1n) is 9.69. The summed E-state index contributed by atoms with van der Waals surface area (Å²) in [5, 5.41) is 2.57. The summed E-state index contributed by atoms with van der Waals surface area (Å²) in [5.41, 5.74) is 0.308. The lowest BCUT2D eigenvalue weighted by atomic mass is 10.0. The zero-order valence-electron chi connectivity index (χ0n) is 16.1. The summed E-state index contributed by atoms with van der Waals surface area (Å²) in [7, 11) is 0. The summed E-state index contributed by atoms with van der Waals surface area (Å²) in [5.74, 6) is 0.123. The second-order valence-electron chi connectivity index (χ2n) is 7.59. The molecule has 3 unspecified atom stereocenters. The lowest BCUT2D eigenvalue weighted by Gasteiger charge is -2.31. The Morgan fingerprint density at radius 1 is 1.26 bits per heavy atom. The number of H-pyrrole nitrogens is 1. The van der Waals surface area contributed by atoms with Crippen molar-refractivity contribution in [3.05, 3.63) is 65.0 Å². The highest BCUT2D eigenvalue weighted by atomic mass is 32.1. The number of rotatable bonds is 3. The third-order valence-electron chi connectivity index (χ3n) is 5.65. The Morgan fingerprint density at radius 3 is 2.81 bits per heavy atom. The zero-order valence-corrected chi connectivity index (χ0v) is 16.9. The number of nitrogens with one attached hydrogen (secondary N) is 1. The van der Waals surface area contributed by atoms with Gasteiger partial charge >= 0.3 is 6.18 Å². The highest BCUT2D eigenvalue weighted by Gasteiger charge is 2.47. The minimum Gasteiger partial charge on any atom is -0.339 e. The van der Waals surface area contributed by atoms with Gasteiger partial charge in [0.2, 0.25) is 0 Å². The van der Waals surface area contributed by atoms with Crippen LogP contribution in [0.4, 0.5) is 13.2 Å². The van der Waals surface area contributed by atoms with Gasteiger partial charge in [-0.05, 0) is 37.0 Å². The van der Waals surface area contributed by atoms with E-state index >= 15 is 0 Å². The van der Waals surface area contributed by atoms with Gasteiger partial charge in [0.25, 0.3) is 5.91 Å². The first kappa shape index (κ1) is 19.8. The molecule has 4 heterocycles. The van der Waals surface area contributed by atoms with E-state index in [4.69, 9.17) is 0 Å². The van der Waals surface area contributed by atoms with E-state index < -0.39 is 11.7 Å². The summed E-state index contributed by atoms with van der Waals surface area (Å²) >= 11 is 1.44. The average Bonchev–Trinajstić information content (AvgIpc) is 3.50. The third-order valence-corrected chi connectivity index (χ3v) is 6.46. The number of fused-ring (bicyclic) bond motifs is 2. The molecule has 1 saturated heterocycles. The van der Waals surface area contributed by atoms with E-state index in [2.05, 4.69) is 32.1 Å². The summed E-state index contributed by atoms with van der Waals surface area (Å²) in [6.07, 6.45) is 1.20. The van der Waals surface area contributed by atoms with Crippen LogP contribution in [0.15, 0.2) is 41.1 Å². The van der Waals surface area contributed by atoms with E-state index in [0.29, 0.717) is 23.7 Å². The number of hydrogen-bond acceptors (Lipinski definition) is 5. The number of nitrogens with zero attached hydrogens (tertiary/aromatic N) is 4. The monoisotopic (exact) mass is 443 g/mol. The molecular formula is C21H16F3N5OS. The van der Waals surface area contributed by atoms with E-state index in [1.807, 2.05) is 11.4 Å². The molecule has 3 atom stereocenters. The molecule has 1 saturated carbocycles. The second-order valence-corrected chi connectivity index (χ2v) is 8.49. The van der Waals surface area contributed by atoms with Crippen LogP contribution in [-0.4, -0.2) is 44.4 Å². The van der Waals surface area contributed by atoms with Crippen LogP contribution in [0.2, 0.25) is 0 Å². The van der Waals surface area contributed by atoms with Gasteiger partial charge in [0.05, 0.1) is 12.1 Å². The Kier molecular flexibility index (Phi) is 4.78. The van der Waals surface area contributed by atoms with Crippen molar-refractivity contribution in [1.29, 1.82) is 0 Å². The molecule has 1 amide bonds. The molecule has 2 fully saturated rings. The highest BCUT2D eigenvalue weighted by molar-refractivity contribution is 7.13. The van der Waals surface area contributed by atoms with Gasteiger partial charge in [-0.25, -0.2) is 4.98 Å². The van der Waals surface area contributed by atoms with Crippen LogP contribution in [0, 0.1) is 18.1 Å². The minimum absolute atomic E-state index is 0.132. The summed E-state index contributed by atoms with van der Waals surface area (Å²) in [6, 6.07) is 7.81. The minimum atomic E-state index is -4.49. The fraction of sp³-hybridized carbons (Fsp3) is 0.333. The Labute approximate surface area is 179 Å². The number of halogens is 3. The third kappa shape index (κ3) is 3.70. The highest BCUT2D eigenvalue weighted by Crippen LogP contribution is 2.40. The molecule has 1 aliphatic heterocycles. The SMILES string of the molecule is O=C(c1ncccc1-c1nccs1)N1CC2CC(N=c3c#cc(C(F)(F)F)c[nH]3)C1C2. The Bertz CT molecular complexity index is 1150. The van der Waals surface area contributed by atoms with Crippen LogP contribution in [0.25, 0.3) is 10.6 Å². The maximum atomic E-state index is 13.4. The van der Waals surface area contributed by atoms with E-state index in [-0.39, 0.29) is 23.5 Å². The molecule has 3 aromatic heterocycles. The smallest absolute Gasteiger partial charge is 0.339 e. The number of hydrogen-bond donors (Lipinski definition) is 1. The first-order chi connectivity index (χ1) is 14.9. The van der Waals surface area contributed by atoms with E-state index in [9.17, 15) is 18.0 Å². The van der Waals surface area contributed by atoms with Gasteiger partial charge < -0.3 is 9.88 Å². The zero-order chi connectivity index (χ0) is 21.6. The average molecular weight is 443 g/mol. The van der Waals surface area contributed by atoms with E-state index in [0.717, 1.165) is 24.0 Å².